The molecule has 0 saturated heterocycles. The van der Waals surface area contributed by atoms with Crippen molar-refractivity contribution in [2.75, 3.05) is 14.1 Å². The van der Waals surface area contributed by atoms with Crippen LogP contribution in [0.25, 0.3) is 0 Å². The van der Waals surface area contributed by atoms with E-state index in [0.717, 1.165) is 58.6 Å². The maximum Gasteiger partial charge on any atom is 2.00 e. The first-order valence-corrected chi connectivity index (χ1v) is 34.9. The first kappa shape index (κ1) is 97.5. The van der Waals surface area contributed by atoms with Crippen LogP contribution in [0, 0.1) is 20.2 Å². The van der Waals surface area contributed by atoms with Crippen molar-refractivity contribution in [1.82, 2.24) is 0 Å². The van der Waals surface area contributed by atoms with Crippen LogP contribution in [-0.2, 0) is 121 Å². The van der Waals surface area contributed by atoms with E-state index < -0.39 is 9.85 Å². The van der Waals surface area contributed by atoms with Crippen molar-refractivity contribution in [2.24, 2.45) is 39.9 Å². The first-order chi connectivity index (χ1) is 54.3. The summed E-state index contributed by atoms with van der Waals surface area (Å²) in [6.07, 6.45) is 12.9. The van der Waals surface area contributed by atoms with E-state index in [0.29, 0.717) is 96.9 Å². The molecule has 116 heavy (non-hydrogen) atoms. The van der Waals surface area contributed by atoms with E-state index in [1.165, 1.54) is 48.5 Å². The Morgan fingerprint density at radius 1 is 0.198 bits per heavy atom. The topological polar surface area (TPSA) is 370 Å². The maximum atomic E-state index is 11.6. The van der Waals surface area contributed by atoms with Gasteiger partial charge in [-0.3, -0.25) is 60.2 Å². The van der Waals surface area contributed by atoms with Gasteiger partial charge < -0.3 is 40.9 Å². The van der Waals surface area contributed by atoms with E-state index in [2.05, 4.69) is 39.9 Å². The van der Waals surface area contributed by atoms with Crippen LogP contribution in [0.1, 0.15) is 89.0 Å². The SMILES string of the molecule is C[N+](=O)[O-].C[N+](=O)[O-].[Cu+2].[Cu+2].[Cu+2].[Cu+2].[O-]c1ccccc1C=NCc1ccc(CN=Cc2ccccc2[O-])cc1.[O-]c1ccccc1C=NCc1ccc(CN=Cc2ccccc2[O-])cc1.[O-]c1ccccc1C=NCc1ccc(CN=Cc2ccccc2[O-])cc1.[O-]c1ccccc1C=NCc1ccc(CN=Cc2ccccc2[O-])cc1. The van der Waals surface area contributed by atoms with Gasteiger partial charge in [-0.2, -0.15) is 0 Å². The van der Waals surface area contributed by atoms with Crippen LogP contribution in [0.4, 0.5) is 0 Å². The fourth-order valence-corrected chi connectivity index (χ4v) is 9.69. The number of aliphatic imine (C=N–C) groups is 8. The molecule has 0 unspecified atom stereocenters. The Hall–Kier alpha value is -12.7. The molecule has 604 valence electrons. The summed E-state index contributed by atoms with van der Waals surface area (Å²) < 4.78 is 0. The maximum absolute atomic E-state index is 11.6. The van der Waals surface area contributed by atoms with Crippen molar-refractivity contribution in [2.45, 2.75) is 52.4 Å². The Morgan fingerprint density at radius 2 is 0.284 bits per heavy atom. The molecule has 4 radical (unpaired) electrons. The Balaban J connectivity index is 0.000000383. The fourth-order valence-electron chi connectivity index (χ4n) is 9.69. The van der Waals surface area contributed by atoms with E-state index in [1.807, 2.05) is 146 Å². The monoisotopic (exact) mass is 1740 g/mol. The largest absolute Gasteiger partial charge is 2.00 e. The van der Waals surface area contributed by atoms with Gasteiger partial charge in [-0.1, -0.05) is 291 Å². The Labute approximate surface area is 716 Å². The summed E-state index contributed by atoms with van der Waals surface area (Å²) in [7, 11) is 1.78. The number of nitro groups is 2. The number of hydrogen-bond acceptors (Lipinski definition) is 20. The predicted molar refractivity (Wildman–Crippen MR) is 429 cm³/mol. The first-order valence-electron chi connectivity index (χ1n) is 34.9. The van der Waals surface area contributed by atoms with Gasteiger partial charge >= 0.3 is 68.3 Å². The number of para-hydroxylation sites is 8. The molecule has 0 aliphatic carbocycles. The molecule has 0 amide bonds. The second-order valence-electron chi connectivity index (χ2n) is 24.2. The fraction of sp³-hybridized carbons (Fsp3) is 0.111. The van der Waals surface area contributed by atoms with Crippen LogP contribution in [-0.4, -0.2) is 73.7 Å². The quantitative estimate of drug-likeness (QED) is 0.0236. The van der Waals surface area contributed by atoms with Crippen LogP contribution < -0.4 is 40.9 Å². The standard InChI is InChI=1S/4C22H20N2O2.2CH3NO2.4Cu/c4*25-21-7-3-1-5-19(21)15-23-13-17-9-11-18(12-10-17)14-24-16-20-6-2-4-8-22(20)26;2*1-2(3)4;;;;/h4*1-12,15-16,25-26H,13-14H2;2*1H3;;;;/q;;;;;;4*+2/p-8. The van der Waals surface area contributed by atoms with Crippen molar-refractivity contribution in [3.63, 3.8) is 0 Å². The van der Waals surface area contributed by atoms with E-state index in [1.54, 1.807) is 147 Å². The molecule has 26 heteroatoms. The molecule has 0 fully saturated rings. The molecule has 0 aliphatic rings. The van der Waals surface area contributed by atoms with Gasteiger partial charge in [0.15, 0.2) is 14.1 Å². The Bertz CT molecular complexity index is 4230. The van der Waals surface area contributed by atoms with Gasteiger partial charge in [0.05, 0.1) is 52.4 Å². The third-order valence-electron chi connectivity index (χ3n) is 15.5. The molecule has 22 nitrogen and oxygen atoms in total. The summed E-state index contributed by atoms with van der Waals surface area (Å²) in [5, 5.41) is 110. The van der Waals surface area contributed by atoms with Crippen molar-refractivity contribution >= 4 is 49.7 Å². The number of nitrogens with zero attached hydrogens (tertiary/aromatic N) is 10. The molecule has 0 bridgehead atoms. The molecule has 12 rings (SSSR count). The minimum atomic E-state index is -0.500. The van der Waals surface area contributed by atoms with Gasteiger partial charge in [-0.25, -0.2) is 0 Å². The summed E-state index contributed by atoms with van der Waals surface area (Å²) in [4.78, 5) is 51.2. The van der Waals surface area contributed by atoms with Gasteiger partial charge in [0, 0.05) is 59.6 Å². The third-order valence-corrected chi connectivity index (χ3v) is 15.5. The minimum Gasteiger partial charge on any atom is -0.872 e. The van der Waals surface area contributed by atoms with Gasteiger partial charge in [0.2, 0.25) is 0 Å². The van der Waals surface area contributed by atoms with Crippen LogP contribution in [0.3, 0.4) is 0 Å². The van der Waals surface area contributed by atoms with Crippen LogP contribution in [0.2, 0.25) is 0 Å². The molecule has 0 aromatic heterocycles. The predicted octanol–water partition coefficient (Wildman–Crippen LogP) is 12.1. The summed E-state index contributed by atoms with van der Waals surface area (Å²) in [6.45, 7) is 4.12. The van der Waals surface area contributed by atoms with E-state index >= 15 is 0 Å². The normalized spacial score (nSPS) is 10.6. The third kappa shape index (κ3) is 38.2. The number of rotatable bonds is 24. The van der Waals surface area contributed by atoms with E-state index in [4.69, 9.17) is 20.2 Å². The van der Waals surface area contributed by atoms with E-state index in [-0.39, 0.29) is 114 Å². The van der Waals surface area contributed by atoms with Crippen LogP contribution in [0.5, 0.6) is 46.0 Å². The molecule has 0 atom stereocenters. The Kier molecular flexibility index (Phi) is 46.8. The smallest absolute Gasteiger partial charge is 0.872 e. The molecule has 0 saturated carbocycles. The number of benzene rings is 12. The Morgan fingerprint density at radius 3 is 0.371 bits per heavy atom. The second kappa shape index (κ2) is 55.7. The summed E-state index contributed by atoms with van der Waals surface area (Å²) >= 11 is 0. The van der Waals surface area contributed by atoms with Crippen LogP contribution in [0.15, 0.2) is 331 Å². The molecular formula is C90H78Cu4N10O12. The molecule has 0 heterocycles. The van der Waals surface area contributed by atoms with E-state index in [9.17, 15) is 40.9 Å². The van der Waals surface area contributed by atoms with Gasteiger partial charge in [0.25, 0.3) is 0 Å². The minimum absolute atomic E-state index is 0. The van der Waals surface area contributed by atoms with Crippen molar-refractivity contribution in [3.8, 4) is 46.0 Å². The van der Waals surface area contributed by atoms with Crippen molar-refractivity contribution < 1.29 is 119 Å². The van der Waals surface area contributed by atoms with Crippen LogP contribution >= 0.6 is 0 Å². The van der Waals surface area contributed by atoms with Gasteiger partial charge in [-0.15, -0.1) is 46.0 Å². The van der Waals surface area contributed by atoms with Gasteiger partial charge in [0.1, 0.15) is 0 Å². The molecular weight excluding hydrogens is 1670 g/mol. The average Bonchev–Trinajstić information content (AvgIpc) is 0.884. The molecule has 0 aliphatic heterocycles. The summed E-state index contributed by atoms with van der Waals surface area (Å²) in [5.41, 5.74) is 13.2. The molecule has 12 aromatic rings. The summed E-state index contributed by atoms with van der Waals surface area (Å²) in [6, 6.07) is 86.5. The molecule has 0 N–H and O–H groups in total. The van der Waals surface area contributed by atoms with Crippen molar-refractivity contribution in [3.05, 3.63) is 400 Å². The second-order valence-corrected chi connectivity index (χ2v) is 24.2. The summed E-state index contributed by atoms with van der Waals surface area (Å²) in [5.74, 6) is -0.192. The zero-order valence-electron chi connectivity index (χ0n) is 62.6. The number of hydrogen-bond donors (Lipinski definition) is 0. The molecule has 12 aromatic carbocycles. The van der Waals surface area contributed by atoms with Crippen molar-refractivity contribution in [1.29, 1.82) is 0 Å². The zero-order valence-corrected chi connectivity index (χ0v) is 66.3. The zero-order chi connectivity index (χ0) is 79.9. The average molecular weight is 1750 g/mol. The molecule has 0 spiro atoms. The van der Waals surface area contributed by atoms with Gasteiger partial charge in [-0.05, 0) is 89.0 Å².